The monoisotopic (exact) mass is 379 g/mol. The summed E-state index contributed by atoms with van der Waals surface area (Å²) in [5.41, 5.74) is 5.34. The Balaban J connectivity index is 1.87. The number of hydrogen-bond donors (Lipinski definition) is 0. The molecular formula is C26H21NO2. The fourth-order valence-electron chi connectivity index (χ4n) is 3.68. The van der Waals surface area contributed by atoms with Gasteiger partial charge in [-0.05, 0) is 23.1 Å². The van der Waals surface area contributed by atoms with Gasteiger partial charge in [0.25, 0.3) is 0 Å². The predicted octanol–water partition coefficient (Wildman–Crippen LogP) is 5.45. The van der Waals surface area contributed by atoms with E-state index in [1.54, 1.807) is 0 Å². The van der Waals surface area contributed by atoms with Gasteiger partial charge in [-0.15, -0.1) is 0 Å². The SMILES string of the molecule is O=CC(=O)c1c(-c2ccccc2)c(-c2ccccc2)cn1CCc1ccccc1. The minimum atomic E-state index is -0.501. The van der Waals surface area contributed by atoms with Gasteiger partial charge >= 0.3 is 0 Å². The normalized spacial score (nSPS) is 10.6. The highest BCUT2D eigenvalue weighted by Crippen LogP contribution is 2.37. The molecule has 4 aromatic rings. The van der Waals surface area contributed by atoms with Crippen LogP contribution in [-0.2, 0) is 17.8 Å². The van der Waals surface area contributed by atoms with E-state index in [0.717, 1.165) is 28.7 Å². The fourth-order valence-corrected chi connectivity index (χ4v) is 3.68. The minimum absolute atomic E-state index is 0.412. The van der Waals surface area contributed by atoms with E-state index in [9.17, 15) is 9.59 Å². The van der Waals surface area contributed by atoms with Crippen LogP contribution >= 0.6 is 0 Å². The molecular weight excluding hydrogens is 358 g/mol. The zero-order valence-electron chi connectivity index (χ0n) is 16.0. The van der Waals surface area contributed by atoms with Gasteiger partial charge in [-0.25, -0.2) is 0 Å². The molecule has 4 rings (SSSR count). The summed E-state index contributed by atoms with van der Waals surface area (Å²) in [6.07, 6.45) is 3.18. The number of nitrogens with zero attached hydrogens (tertiary/aromatic N) is 1. The van der Waals surface area contributed by atoms with Crippen LogP contribution in [0.3, 0.4) is 0 Å². The van der Waals surface area contributed by atoms with Gasteiger partial charge in [0.2, 0.25) is 5.78 Å². The predicted molar refractivity (Wildman–Crippen MR) is 116 cm³/mol. The lowest BCUT2D eigenvalue weighted by atomic mass is 9.96. The number of carbonyl (C=O) groups excluding carboxylic acids is 2. The van der Waals surface area contributed by atoms with Crippen LogP contribution in [0.15, 0.2) is 97.2 Å². The number of aldehydes is 1. The lowest BCUT2D eigenvalue weighted by Gasteiger charge is -2.09. The Kier molecular flexibility index (Phi) is 5.48. The molecule has 0 unspecified atom stereocenters. The number of ketones is 1. The van der Waals surface area contributed by atoms with Crippen molar-refractivity contribution >= 4 is 12.1 Å². The third-order valence-electron chi connectivity index (χ3n) is 5.05. The first-order valence-electron chi connectivity index (χ1n) is 9.65. The first-order chi connectivity index (χ1) is 14.3. The number of Topliss-reactive ketones (excluding diaryl/α,β-unsaturated/α-hetero) is 1. The maximum Gasteiger partial charge on any atom is 0.242 e. The second-order valence-corrected chi connectivity index (χ2v) is 6.91. The molecule has 29 heavy (non-hydrogen) atoms. The highest BCUT2D eigenvalue weighted by Gasteiger charge is 2.23. The molecule has 0 aliphatic rings. The maximum atomic E-state index is 12.7. The third kappa shape index (κ3) is 3.94. The molecule has 3 nitrogen and oxygen atoms in total. The van der Waals surface area contributed by atoms with Gasteiger partial charge < -0.3 is 4.57 Å². The van der Waals surface area contributed by atoms with Crippen LogP contribution in [0, 0.1) is 0 Å². The maximum absolute atomic E-state index is 12.7. The van der Waals surface area contributed by atoms with Crippen molar-refractivity contribution in [2.45, 2.75) is 13.0 Å². The molecule has 0 saturated heterocycles. The molecule has 1 aromatic heterocycles. The quantitative estimate of drug-likeness (QED) is 0.243. The Bertz CT molecular complexity index is 1110. The minimum Gasteiger partial charge on any atom is -0.343 e. The van der Waals surface area contributed by atoms with Crippen LogP contribution in [-0.4, -0.2) is 16.6 Å². The number of benzene rings is 3. The van der Waals surface area contributed by atoms with E-state index in [2.05, 4.69) is 12.1 Å². The molecule has 0 spiro atoms. The van der Waals surface area contributed by atoms with Crippen molar-refractivity contribution in [3.8, 4) is 22.3 Å². The summed E-state index contributed by atoms with van der Waals surface area (Å²) in [4.78, 5) is 24.2. The fraction of sp³-hybridized carbons (Fsp3) is 0.0769. The summed E-state index contributed by atoms with van der Waals surface area (Å²) in [5, 5.41) is 0. The van der Waals surface area contributed by atoms with E-state index in [0.29, 0.717) is 18.5 Å². The molecule has 0 N–H and O–H groups in total. The summed E-state index contributed by atoms with van der Waals surface area (Å²) in [6.45, 7) is 0.617. The van der Waals surface area contributed by atoms with E-state index in [1.165, 1.54) is 5.56 Å². The highest BCUT2D eigenvalue weighted by molar-refractivity contribution is 6.35. The van der Waals surface area contributed by atoms with Gasteiger partial charge in [-0.1, -0.05) is 91.0 Å². The standard InChI is InChI=1S/C26H21NO2/c28-19-24(29)26-25(22-14-8-3-9-15-22)23(21-12-6-2-7-13-21)18-27(26)17-16-20-10-4-1-5-11-20/h1-15,18-19H,16-17H2. The van der Waals surface area contributed by atoms with Crippen LogP contribution in [0.25, 0.3) is 22.3 Å². The average Bonchev–Trinajstić information content (AvgIpc) is 3.18. The molecule has 0 amide bonds. The molecule has 3 aromatic carbocycles. The van der Waals surface area contributed by atoms with Crippen molar-refractivity contribution < 1.29 is 9.59 Å². The third-order valence-corrected chi connectivity index (χ3v) is 5.05. The molecule has 0 saturated carbocycles. The van der Waals surface area contributed by atoms with Crippen LogP contribution < -0.4 is 0 Å². The first kappa shape index (κ1) is 18.6. The van der Waals surface area contributed by atoms with Gasteiger partial charge in [-0.3, -0.25) is 9.59 Å². The van der Waals surface area contributed by atoms with Gasteiger partial charge in [0.15, 0.2) is 6.29 Å². The number of rotatable bonds is 7. The topological polar surface area (TPSA) is 39.1 Å². The van der Waals surface area contributed by atoms with Crippen molar-refractivity contribution in [3.05, 3.63) is 108 Å². The highest BCUT2D eigenvalue weighted by atomic mass is 16.2. The Morgan fingerprint density at radius 1 is 0.759 bits per heavy atom. The second-order valence-electron chi connectivity index (χ2n) is 6.91. The molecule has 0 radical (unpaired) electrons. The lowest BCUT2D eigenvalue weighted by molar-refractivity contribution is -0.104. The van der Waals surface area contributed by atoms with Gasteiger partial charge in [0.05, 0.1) is 0 Å². The molecule has 0 aliphatic heterocycles. The van der Waals surface area contributed by atoms with Crippen molar-refractivity contribution in [1.29, 1.82) is 0 Å². The number of hydrogen-bond acceptors (Lipinski definition) is 2. The first-order valence-corrected chi connectivity index (χ1v) is 9.65. The summed E-state index contributed by atoms with van der Waals surface area (Å²) in [5.74, 6) is -0.501. The van der Waals surface area contributed by atoms with Crippen LogP contribution in [0.5, 0.6) is 0 Å². The summed E-state index contributed by atoms with van der Waals surface area (Å²) >= 11 is 0. The smallest absolute Gasteiger partial charge is 0.242 e. The van der Waals surface area contributed by atoms with Crippen molar-refractivity contribution in [2.75, 3.05) is 0 Å². The molecule has 0 atom stereocenters. The van der Waals surface area contributed by atoms with Crippen LogP contribution in [0.4, 0.5) is 0 Å². The Morgan fingerprint density at radius 2 is 1.31 bits per heavy atom. The molecule has 142 valence electrons. The van der Waals surface area contributed by atoms with Crippen molar-refractivity contribution in [1.82, 2.24) is 4.57 Å². The Labute approximate surface area is 170 Å². The van der Waals surface area contributed by atoms with E-state index in [4.69, 9.17) is 0 Å². The Morgan fingerprint density at radius 3 is 1.90 bits per heavy atom. The van der Waals surface area contributed by atoms with E-state index in [1.807, 2.05) is 89.6 Å². The average molecular weight is 379 g/mol. The summed E-state index contributed by atoms with van der Waals surface area (Å²) in [6, 6.07) is 29.9. The largest absolute Gasteiger partial charge is 0.343 e. The van der Waals surface area contributed by atoms with E-state index < -0.39 is 5.78 Å². The van der Waals surface area contributed by atoms with Gasteiger partial charge in [0, 0.05) is 23.9 Å². The van der Waals surface area contributed by atoms with Crippen molar-refractivity contribution in [2.24, 2.45) is 0 Å². The summed E-state index contributed by atoms with van der Waals surface area (Å²) in [7, 11) is 0. The van der Waals surface area contributed by atoms with Gasteiger partial charge in [-0.2, -0.15) is 0 Å². The van der Waals surface area contributed by atoms with Crippen molar-refractivity contribution in [3.63, 3.8) is 0 Å². The van der Waals surface area contributed by atoms with Crippen LogP contribution in [0.1, 0.15) is 16.1 Å². The van der Waals surface area contributed by atoms with Crippen LogP contribution in [0.2, 0.25) is 0 Å². The number of carbonyl (C=O) groups is 2. The summed E-state index contributed by atoms with van der Waals surface area (Å²) < 4.78 is 1.92. The number of aromatic nitrogens is 1. The van der Waals surface area contributed by atoms with E-state index in [-0.39, 0.29) is 0 Å². The zero-order chi connectivity index (χ0) is 20.1. The molecule has 0 bridgehead atoms. The molecule has 1 heterocycles. The number of aryl methyl sites for hydroxylation is 2. The molecule has 0 aliphatic carbocycles. The molecule has 3 heteroatoms. The zero-order valence-corrected chi connectivity index (χ0v) is 16.0. The molecule has 0 fully saturated rings. The lowest BCUT2D eigenvalue weighted by Crippen LogP contribution is -2.12. The van der Waals surface area contributed by atoms with Gasteiger partial charge in [0.1, 0.15) is 5.69 Å². The van der Waals surface area contributed by atoms with E-state index >= 15 is 0 Å². The second kappa shape index (κ2) is 8.53. The Hall–Kier alpha value is -3.72.